The molecule has 0 aliphatic rings. The largest absolute Gasteiger partial charge is 0.365 e. The molecule has 0 unspecified atom stereocenters. The second kappa shape index (κ2) is 9.23. The van der Waals surface area contributed by atoms with Crippen molar-refractivity contribution in [1.29, 1.82) is 0 Å². The predicted molar refractivity (Wildman–Crippen MR) is 93.0 cm³/mol. The lowest BCUT2D eigenvalue weighted by Gasteiger charge is -2.12. The van der Waals surface area contributed by atoms with Crippen LogP contribution in [-0.2, 0) is 4.79 Å². The molecule has 0 radical (unpaired) electrons. The van der Waals surface area contributed by atoms with Crippen LogP contribution in [-0.4, -0.2) is 11.7 Å². The Kier molecular flexibility index (Phi) is 8.44. The number of primary amides is 1. The van der Waals surface area contributed by atoms with E-state index in [1.165, 1.54) is 12.5 Å². The molecular weight excluding hydrogens is 293 g/mol. The van der Waals surface area contributed by atoms with Gasteiger partial charge < -0.3 is 5.73 Å². The lowest BCUT2D eigenvalue weighted by molar-refractivity contribution is -0.114. The average molecular weight is 321 g/mol. The molecule has 4 heteroatoms. The highest BCUT2D eigenvalue weighted by molar-refractivity contribution is 6.25. The second-order valence-electron chi connectivity index (χ2n) is 5.98. The molecule has 0 spiro atoms. The Hall–Kier alpha value is -1.97. The second-order valence-corrected chi connectivity index (χ2v) is 5.98. The number of carbonyl (C=O) groups is 2. The summed E-state index contributed by atoms with van der Waals surface area (Å²) in [7, 11) is 0. The summed E-state index contributed by atoms with van der Waals surface area (Å²) >= 11 is 0. The minimum absolute atomic E-state index is 0.124. The van der Waals surface area contributed by atoms with E-state index in [1.807, 2.05) is 0 Å². The van der Waals surface area contributed by atoms with E-state index in [-0.39, 0.29) is 11.1 Å². The van der Waals surface area contributed by atoms with E-state index in [2.05, 4.69) is 20.8 Å². The van der Waals surface area contributed by atoms with Crippen molar-refractivity contribution >= 4 is 11.7 Å². The predicted octanol–water partition coefficient (Wildman–Crippen LogP) is 4.42. The van der Waals surface area contributed by atoms with Gasteiger partial charge in [0.2, 0.25) is 0 Å². The number of halogens is 1. The van der Waals surface area contributed by atoms with Crippen molar-refractivity contribution in [2.24, 2.45) is 11.7 Å². The summed E-state index contributed by atoms with van der Waals surface area (Å²) in [4.78, 5) is 23.3. The monoisotopic (exact) mass is 321 g/mol. The molecule has 0 bridgehead atoms. The topological polar surface area (TPSA) is 60.2 Å². The van der Waals surface area contributed by atoms with E-state index in [1.54, 1.807) is 27.7 Å². The van der Waals surface area contributed by atoms with Crippen LogP contribution in [0.5, 0.6) is 0 Å². The summed E-state index contributed by atoms with van der Waals surface area (Å²) in [5.41, 5.74) is 7.06. The van der Waals surface area contributed by atoms with Gasteiger partial charge in [-0.15, -0.1) is 0 Å². The minimum Gasteiger partial charge on any atom is -0.365 e. The fraction of sp³-hybridized carbons (Fsp3) is 0.474. The molecule has 1 aromatic rings. The highest BCUT2D eigenvalue weighted by Crippen LogP contribution is 2.22. The third kappa shape index (κ3) is 5.62. The normalized spacial score (nSPS) is 11.1. The van der Waals surface area contributed by atoms with Crippen molar-refractivity contribution in [1.82, 2.24) is 0 Å². The third-order valence-electron chi connectivity index (χ3n) is 4.02. The number of Topliss-reactive ketones (excluding diaryl/α,β-unsaturated/α-hetero) is 1. The summed E-state index contributed by atoms with van der Waals surface area (Å²) in [5, 5.41) is 0. The molecule has 0 saturated heterocycles. The summed E-state index contributed by atoms with van der Waals surface area (Å²) in [5.74, 6) is -0.915. The molecule has 3 nitrogen and oxygen atoms in total. The number of hydrogen-bond donors (Lipinski definition) is 1. The van der Waals surface area contributed by atoms with Crippen molar-refractivity contribution in [2.45, 2.75) is 54.9 Å². The van der Waals surface area contributed by atoms with Gasteiger partial charge in [-0.3, -0.25) is 9.59 Å². The highest BCUT2D eigenvalue weighted by atomic mass is 19.1. The van der Waals surface area contributed by atoms with E-state index in [4.69, 9.17) is 5.73 Å². The molecule has 0 atom stereocenters. The van der Waals surface area contributed by atoms with Gasteiger partial charge in [0.25, 0.3) is 5.91 Å². The zero-order chi connectivity index (χ0) is 18.3. The number of benzene rings is 1. The lowest BCUT2D eigenvalue weighted by Crippen LogP contribution is -2.21. The Bertz CT molecular complexity index is 616. The average Bonchev–Trinajstić information content (AvgIpc) is 2.49. The van der Waals surface area contributed by atoms with E-state index in [0.717, 1.165) is 12.0 Å². The maximum absolute atomic E-state index is 13.7. The first kappa shape index (κ1) is 21.0. The Morgan fingerprint density at radius 1 is 1.17 bits per heavy atom. The van der Waals surface area contributed by atoms with Crippen LogP contribution in [0.3, 0.4) is 0 Å². The zero-order valence-corrected chi connectivity index (χ0v) is 15.2. The SMILES string of the molecule is C/C=C(/C(N)=O)C(=O)c1cc(F)c(C)c(C)c1C.CCC(C)C. The van der Waals surface area contributed by atoms with Gasteiger partial charge in [-0.2, -0.15) is 0 Å². The van der Waals surface area contributed by atoms with Gasteiger partial charge in [-0.05, 0) is 56.4 Å². The molecule has 1 amide bonds. The van der Waals surface area contributed by atoms with Crippen molar-refractivity contribution in [3.05, 3.63) is 45.8 Å². The molecular formula is C19H28FNO2. The van der Waals surface area contributed by atoms with Crippen LogP contribution in [0.25, 0.3) is 0 Å². The number of rotatable bonds is 4. The number of ketones is 1. The van der Waals surface area contributed by atoms with E-state index in [0.29, 0.717) is 16.7 Å². The first-order valence-electron chi connectivity index (χ1n) is 7.85. The van der Waals surface area contributed by atoms with Crippen LogP contribution in [0, 0.1) is 32.5 Å². The highest BCUT2D eigenvalue weighted by Gasteiger charge is 2.21. The van der Waals surface area contributed by atoms with Gasteiger partial charge >= 0.3 is 0 Å². The lowest BCUT2D eigenvalue weighted by atomic mass is 9.92. The smallest absolute Gasteiger partial charge is 0.252 e. The molecule has 0 aliphatic heterocycles. The summed E-state index contributed by atoms with van der Waals surface area (Å²) in [6.07, 6.45) is 2.65. The molecule has 1 rings (SSSR count). The zero-order valence-electron chi connectivity index (χ0n) is 15.2. The van der Waals surface area contributed by atoms with Crippen LogP contribution in [0.1, 0.15) is 61.2 Å². The standard InChI is InChI=1S/C14H16FNO2.C5H12/c1-5-10(14(16)18)13(17)11-6-12(15)9(4)7(2)8(11)3;1-4-5(2)3/h5-6H,1-4H3,(H2,16,18);5H,4H2,1-3H3/b10-5+;. The van der Waals surface area contributed by atoms with E-state index >= 15 is 0 Å². The van der Waals surface area contributed by atoms with Crippen molar-refractivity contribution < 1.29 is 14.0 Å². The third-order valence-corrected chi connectivity index (χ3v) is 4.02. The molecule has 0 aromatic heterocycles. The fourth-order valence-electron chi connectivity index (χ4n) is 1.77. The van der Waals surface area contributed by atoms with Gasteiger partial charge in [0.05, 0.1) is 5.57 Å². The number of allylic oxidation sites excluding steroid dienone is 1. The number of amides is 1. The molecule has 23 heavy (non-hydrogen) atoms. The van der Waals surface area contributed by atoms with Crippen LogP contribution in [0.4, 0.5) is 4.39 Å². The van der Waals surface area contributed by atoms with Crippen molar-refractivity contribution in [2.75, 3.05) is 0 Å². The van der Waals surface area contributed by atoms with Crippen LogP contribution < -0.4 is 5.73 Å². The molecule has 2 N–H and O–H groups in total. The maximum atomic E-state index is 13.7. The quantitative estimate of drug-likeness (QED) is 0.386. The van der Waals surface area contributed by atoms with Crippen molar-refractivity contribution in [3.63, 3.8) is 0 Å². The van der Waals surface area contributed by atoms with Crippen LogP contribution in [0.2, 0.25) is 0 Å². The maximum Gasteiger partial charge on any atom is 0.252 e. The van der Waals surface area contributed by atoms with Gasteiger partial charge in [-0.25, -0.2) is 4.39 Å². The Morgan fingerprint density at radius 2 is 1.65 bits per heavy atom. The molecule has 0 fully saturated rings. The molecule has 0 aliphatic carbocycles. The first-order valence-corrected chi connectivity index (χ1v) is 7.85. The Morgan fingerprint density at radius 3 is 2.00 bits per heavy atom. The molecule has 0 saturated carbocycles. The van der Waals surface area contributed by atoms with Crippen LogP contribution in [0.15, 0.2) is 17.7 Å². The summed E-state index contributed by atoms with van der Waals surface area (Å²) < 4.78 is 13.7. The summed E-state index contributed by atoms with van der Waals surface area (Å²) in [6, 6.07) is 1.16. The fourth-order valence-corrected chi connectivity index (χ4v) is 1.77. The number of nitrogens with two attached hydrogens (primary N) is 1. The summed E-state index contributed by atoms with van der Waals surface area (Å²) in [6.45, 7) is 13.3. The van der Waals surface area contributed by atoms with E-state index in [9.17, 15) is 14.0 Å². The van der Waals surface area contributed by atoms with E-state index < -0.39 is 17.5 Å². The molecule has 0 heterocycles. The van der Waals surface area contributed by atoms with Crippen LogP contribution >= 0.6 is 0 Å². The van der Waals surface area contributed by atoms with Crippen molar-refractivity contribution in [3.8, 4) is 0 Å². The van der Waals surface area contributed by atoms with Gasteiger partial charge in [-0.1, -0.05) is 33.3 Å². The Balaban J connectivity index is 0.000000841. The van der Waals surface area contributed by atoms with Gasteiger partial charge in [0, 0.05) is 5.56 Å². The minimum atomic E-state index is -0.805. The molecule has 128 valence electrons. The number of carbonyl (C=O) groups excluding carboxylic acids is 2. The van der Waals surface area contributed by atoms with Gasteiger partial charge in [0.1, 0.15) is 5.82 Å². The molecule has 1 aromatic carbocycles. The Labute approximate surface area is 138 Å². The van der Waals surface area contributed by atoms with Gasteiger partial charge in [0.15, 0.2) is 5.78 Å². The number of hydrogen-bond acceptors (Lipinski definition) is 2. The first-order chi connectivity index (χ1) is 10.6.